The minimum Gasteiger partial charge on any atom is -0.481 e. The third kappa shape index (κ3) is 4.21. The van der Waals surface area contributed by atoms with E-state index in [-0.39, 0.29) is 12.5 Å². The van der Waals surface area contributed by atoms with E-state index in [1.54, 1.807) is 0 Å². The van der Waals surface area contributed by atoms with Gasteiger partial charge in [0, 0.05) is 13.0 Å². The number of carbonyl (C=O) groups excluding carboxylic acids is 1. The van der Waals surface area contributed by atoms with E-state index in [9.17, 15) is 14.7 Å². The molecule has 1 atom stereocenters. The fourth-order valence-electron chi connectivity index (χ4n) is 3.12. The van der Waals surface area contributed by atoms with Crippen LogP contribution in [0.2, 0.25) is 0 Å². The Morgan fingerprint density at radius 2 is 1.96 bits per heavy atom. The van der Waals surface area contributed by atoms with Crippen molar-refractivity contribution in [1.29, 1.82) is 0 Å². The van der Waals surface area contributed by atoms with Crippen molar-refractivity contribution in [3.05, 3.63) is 47.5 Å². The van der Waals surface area contributed by atoms with Crippen molar-refractivity contribution in [3.8, 4) is 0 Å². The maximum atomic E-state index is 12.2. The minimum atomic E-state index is -1.07. The zero-order valence-corrected chi connectivity index (χ0v) is 13.7. The largest absolute Gasteiger partial charge is 0.481 e. The molecular formula is C19H25NO3. The second-order valence-corrected chi connectivity index (χ2v) is 6.17. The number of hydrogen-bond donors (Lipinski definition) is 2. The Labute approximate surface area is 137 Å². The average molecular weight is 315 g/mol. The van der Waals surface area contributed by atoms with Gasteiger partial charge in [0.05, 0.1) is 0 Å². The molecule has 23 heavy (non-hydrogen) atoms. The molecule has 0 fully saturated rings. The van der Waals surface area contributed by atoms with Crippen molar-refractivity contribution in [3.63, 3.8) is 0 Å². The first-order chi connectivity index (χ1) is 11.1. The summed E-state index contributed by atoms with van der Waals surface area (Å²) >= 11 is 0. The summed E-state index contributed by atoms with van der Waals surface area (Å²) in [5.41, 5.74) is 0.829. The topological polar surface area (TPSA) is 66.4 Å². The van der Waals surface area contributed by atoms with E-state index >= 15 is 0 Å². The summed E-state index contributed by atoms with van der Waals surface area (Å²) in [4.78, 5) is 24.1. The molecule has 1 aliphatic rings. The monoisotopic (exact) mass is 315 g/mol. The fraction of sp³-hybridized carbons (Fsp3) is 0.474. The molecule has 1 amide bonds. The molecule has 4 nitrogen and oxygen atoms in total. The average Bonchev–Trinajstić information content (AvgIpc) is 2.57. The molecule has 0 aliphatic heterocycles. The van der Waals surface area contributed by atoms with Gasteiger partial charge in [-0.15, -0.1) is 0 Å². The lowest BCUT2D eigenvalue weighted by molar-refractivity contribution is -0.144. The SMILES string of the molecule is CCC(CNC(=O)CC1=CCCCC1)(C(=O)O)c1ccccc1. The smallest absolute Gasteiger partial charge is 0.315 e. The van der Waals surface area contributed by atoms with E-state index in [0.717, 1.165) is 24.8 Å². The quantitative estimate of drug-likeness (QED) is 0.758. The van der Waals surface area contributed by atoms with Crippen LogP contribution in [-0.4, -0.2) is 23.5 Å². The highest BCUT2D eigenvalue weighted by Crippen LogP contribution is 2.28. The van der Waals surface area contributed by atoms with Crippen LogP contribution in [0.5, 0.6) is 0 Å². The van der Waals surface area contributed by atoms with Crippen LogP contribution in [0, 0.1) is 0 Å². The number of nitrogens with one attached hydrogen (secondary N) is 1. The molecule has 2 rings (SSSR count). The standard InChI is InChI=1S/C19H25NO3/c1-2-19(18(22)23,16-11-7-4-8-12-16)14-20-17(21)13-15-9-5-3-6-10-15/h4,7-9,11-12H,2-3,5-6,10,13-14H2,1H3,(H,20,21)(H,22,23). The Hall–Kier alpha value is -2.10. The first-order valence-electron chi connectivity index (χ1n) is 8.32. The molecular weight excluding hydrogens is 290 g/mol. The van der Waals surface area contributed by atoms with Crippen molar-refractivity contribution in [2.75, 3.05) is 6.54 Å². The van der Waals surface area contributed by atoms with Gasteiger partial charge in [-0.2, -0.15) is 0 Å². The maximum Gasteiger partial charge on any atom is 0.315 e. The van der Waals surface area contributed by atoms with Crippen LogP contribution in [-0.2, 0) is 15.0 Å². The molecule has 4 heteroatoms. The van der Waals surface area contributed by atoms with E-state index in [2.05, 4.69) is 11.4 Å². The Morgan fingerprint density at radius 1 is 1.22 bits per heavy atom. The highest BCUT2D eigenvalue weighted by molar-refractivity contribution is 5.84. The number of amides is 1. The van der Waals surface area contributed by atoms with E-state index < -0.39 is 11.4 Å². The van der Waals surface area contributed by atoms with Crippen molar-refractivity contribution in [2.24, 2.45) is 0 Å². The zero-order chi connectivity index (χ0) is 16.7. The van der Waals surface area contributed by atoms with Crippen LogP contribution in [0.1, 0.15) is 51.0 Å². The third-order valence-electron chi connectivity index (χ3n) is 4.70. The molecule has 0 aromatic heterocycles. The Balaban J connectivity index is 2.05. The van der Waals surface area contributed by atoms with Crippen molar-refractivity contribution >= 4 is 11.9 Å². The molecule has 0 saturated heterocycles. The van der Waals surface area contributed by atoms with Gasteiger partial charge >= 0.3 is 5.97 Å². The van der Waals surface area contributed by atoms with Gasteiger partial charge < -0.3 is 10.4 Å². The summed E-state index contributed by atoms with van der Waals surface area (Å²) in [6, 6.07) is 9.15. The molecule has 1 aromatic carbocycles. The van der Waals surface area contributed by atoms with E-state index in [0.29, 0.717) is 12.8 Å². The molecule has 0 spiro atoms. The number of aliphatic carboxylic acids is 1. The van der Waals surface area contributed by atoms with Crippen molar-refractivity contribution in [1.82, 2.24) is 5.32 Å². The summed E-state index contributed by atoms with van der Waals surface area (Å²) in [6.07, 6.45) is 7.30. The lowest BCUT2D eigenvalue weighted by Crippen LogP contribution is -2.46. The molecule has 1 aromatic rings. The molecule has 0 radical (unpaired) electrons. The predicted molar refractivity (Wildman–Crippen MR) is 90.2 cm³/mol. The van der Waals surface area contributed by atoms with Crippen LogP contribution in [0.4, 0.5) is 0 Å². The Kier molecular flexibility index (Phi) is 5.97. The number of carboxylic acids is 1. The summed E-state index contributed by atoms with van der Waals surface area (Å²) in [6.45, 7) is 1.96. The van der Waals surface area contributed by atoms with Gasteiger partial charge in [0.2, 0.25) is 5.91 Å². The lowest BCUT2D eigenvalue weighted by atomic mass is 9.78. The maximum absolute atomic E-state index is 12.2. The lowest BCUT2D eigenvalue weighted by Gasteiger charge is -2.29. The first-order valence-corrected chi connectivity index (χ1v) is 8.32. The second kappa shape index (κ2) is 7.95. The van der Waals surface area contributed by atoms with Gasteiger partial charge in [0.15, 0.2) is 0 Å². The molecule has 0 saturated carbocycles. The molecule has 1 unspecified atom stereocenters. The zero-order valence-electron chi connectivity index (χ0n) is 13.7. The number of allylic oxidation sites excluding steroid dienone is 1. The summed E-state index contributed by atoms with van der Waals surface area (Å²) in [5.74, 6) is -0.989. The first kappa shape index (κ1) is 17.3. The molecule has 1 aliphatic carbocycles. The van der Waals surface area contributed by atoms with Crippen LogP contribution in [0.15, 0.2) is 42.0 Å². The van der Waals surface area contributed by atoms with Gasteiger partial charge in [-0.3, -0.25) is 9.59 Å². The highest BCUT2D eigenvalue weighted by atomic mass is 16.4. The number of rotatable bonds is 7. The number of hydrogen-bond acceptors (Lipinski definition) is 2. The van der Waals surface area contributed by atoms with Gasteiger partial charge in [0.25, 0.3) is 0 Å². The second-order valence-electron chi connectivity index (χ2n) is 6.17. The molecule has 0 bridgehead atoms. The fourth-order valence-corrected chi connectivity index (χ4v) is 3.12. The van der Waals surface area contributed by atoms with E-state index in [4.69, 9.17) is 0 Å². The Bertz CT molecular complexity index is 580. The molecule has 0 heterocycles. The van der Waals surface area contributed by atoms with E-state index in [1.165, 1.54) is 12.0 Å². The van der Waals surface area contributed by atoms with Gasteiger partial charge in [-0.25, -0.2) is 0 Å². The van der Waals surface area contributed by atoms with Gasteiger partial charge in [-0.1, -0.05) is 48.9 Å². The highest BCUT2D eigenvalue weighted by Gasteiger charge is 2.38. The number of carbonyl (C=O) groups is 2. The Morgan fingerprint density at radius 3 is 2.52 bits per heavy atom. The summed E-state index contributed by atoms with van der Waals surface area (Å²) < 4.78 is 0. The normalized spacial score (nSPS) is 17.0. The van der Waals surface area contributed by atoms with Crippen LogP contribution < -0.4 is 5.32 Å². The van der Waals surface area contributed by atoms with Gasteiger partial charge in [-0.05, 0) is 37.7 Å². The van der Waals surface area contributed by atoms with Crippen LogP contribution in [0.3, 0.4) is 0 Å². The van der Waals surface area contributed by atoms with Crippen LogP contribution in [0.25, 0.3) is 0 Å². The summed E-state index contributed by atoms with van der Waals surface area (Å²) in [7, 11) is 0. The number of benzene rings is 1. The predicted octanol–water partition coefficient (Wildman–Crippen LogP) is 3.43. The van der Waals surface area contributed by atoms with Gasteiger partial charge in [0.1, 0.15) is 5.41 Å². The number of carboxylic acid groups (broad SMARTS) is 1. The minimum absolute atomic E-state index is 0.0897. The summed E-state index contributed by atoms with van der Waals surface area (Å²) in [5, 5.41) is 12.6. The third-order valence-corrected chi connectivity index (χ3v) is 4.70. The molecule has 2 N–H and O–H groups in total. The molecule has 124 valence electrons. The van der Waals surface area contributed by atoms with Crippen LogP contribution >= 0.6 is 0 Å². The van der Waals surface area contributed by atoms with E-state index in [1.807, 2.05) is 37.3 Å². The van der Waals surface area contributed by atoms with Crippen molar-refractivity contribution < 1.29 is 14.7 Å². The van der Waals surface area contributed by atoms with Crippen molar-refractivity contribution in [2.45, 2.75) is 50.9 Å².